The van der Waals surface area contributed by atoms with Crippen molar-refractivity contribution in [3.63, 3.8) is 0 Å². The molecule has 0 amide bonds. The second-order valence-electron chi connectivity index (χ2n) is 15.0. The molecule has 0 spiro atoms. The Bertz CT molecular complexity index is 2820. The predicted molar refractivity (Wildman–Crippen MR) is 237 cm³/mol. The van der Waals surface area contributed by atoms with E-state index in [2.05, 4.69) is 160 Å². The molecule has 0 fully saturated rings. The van der Waals surface area contributed by atoms with E-state index < -0.39 is 0 Å². The molecule has 0 bridgehead atoms. The molecule has 0 unspecified atom stereocenters. The van der Waals surface area contributed by atoms with E-state index in [0.717, 1.165) is 34.2 Å². The Kier molecular flexibility index (Phi) is 10.8. The number of aryl methyl sites for hydroxylation is 4. The fourth-order valence-corrected chi connectivity index (χ4v) is 7.70. The van der Waals surface area contributed by atoms with Crippen LogP contribution in [0.25, 0.3) is 88.0 Å². The zero-order valence-electron chi connectivity index (χ0n) is 32.8. The average molecular weight is 820 g/mol. The molecule has 0 atom stereocenters. The topological polar surface area (TPSA) is 26.3 Å². The van der Waals surface area contributed by atoms with Gasteiger partial charge in [-0.25, -0.2) is 0 Å². The molecular formula is C52H44O2SiZr. The molecule has 0 aliphatic carbocycles. The quantitative estimate of drug-likeness (QED) is 0.131. The third kappa shape index (κ3) is 7.87. The molecule has 2 nitrogen and oxygen atoms in total. The van der Waals surface area contributed by atoms with E-state index in [9.17, 15) is 0 Å². The Morgan fingerprint density at radius 2 is 0.839 bits per heavy atom. The fourth-order valence-electron chi connectivity index (χ4n) is 7.70. The van der Waals surface area contributed by atoms with Crippen LogP contribution in [0.4, 0.5) is 0 Å². The fraction of sp³-hybridized carbons (Fsp3) is 0.115. The Morgan fingerprint density at radius 3 is 1.21 bits per heavy atom. The van der Waals surface area contributed by atoms with Gasteiger partial charge in [0.15, 0.2) is 0 Å². The Balaban J connectivity index is 0.000000144. The Morgan fingerprint density at radius 1 is 0.446 bits per heavy atom. The van der Waals surface area contributed by atoms with E-state index in [1.807, 2.05) is 38.1 Å². The minimum Gasteiger partial charge on any atom is -0.496 e. The van der Waals surface area contributed by atoms with Gasteiger partial charge in [-0.15, -0.1) is 57.9 Å². The average Bonchev–Trinajstić information content (AvgIpc) is 4.01. The van der Waals surface area contributed by atoms with Crippen molar-refractivity contribution < 1.29 is 32.2 Å². The van der Waals surface area contributed by atoms with Gasteiger partial charge in [-0.1, -0.05) is 107 Å². The van der Waals surface area contributed by atoms with Crippen molar-refractivity contribution in [2.75, 3.05) is 0 Å². The summed E-state index contributed by atoms with van der Waals surface area (Å²) < 4.78 is 11.7. The second-order valence-corrected chi connectivity index (χ2v) is 24.3. The van der Waals surface area contributed by atoms with E-state index in [-0.39, 0.29) is 5.43 Å². The van der Waals surface area contributed by atoms with Crippen molar-refractivity contribution in [1.29, 1.82) is 0 Å². The number of hydrogen-bond donors (Lipinski definition) is 0. The first-order valence-electron chi connectivity index (χ1n) is 19.1. The molecule has 0 radical (unpaired) electrons. The summed E-state index contributed by atoms with van der Waals surface area (Å²) in [7, 11) is 0. The zero-order chi connectivity index (χ0) is 38.9. The summed E-state index contributed by atoms with van der Waals surface area (Å²) >= 11 is 1.74. The Hall–Kier alpha value is -5.28. The second kappa shape index (κ2) is 16.1. The van der Waals surface area contributed by atoms with Gasteiger partial charge >= 0.3 is 41.9 Å². The van der Waals surface area contributed by atoms with Gasteiger partial charge in [-0.3, -0.25) is 0 Å². The van der Waals surface area contributed by atoms with E-state index in [4.69, 9.17) is 8.83 Å². The van der Waals surface area contributed by atoms with Crippen LogP contribution in [0.1, 0.15) is 22.6 Å². The summed E-state index contributed by atoms with van der Waals surface area (Å²) in [5.41, 5.74) is 10.2. The monoisotopic (exact) mass is 818 g/mol. The largest absolute Gasteiger partial charge is 0.496 e. The predicted octanol–water partition coefficient (Wildman–Crippen LogP) is 15.3. The van der Waals surface area contributed by atoms with Gasteiger partial charge in [0.05, 0.1) is 23.0 Å². The van der Waals surface area contributed by atoms with Crippen LogP contribution in [-0.2, 0) is 23.3 Å². The van der Waals surface area contributed by atoms with Crippen molar-refractivity contribution in [3.8, 4) is 44.9 Å². The summed E-state index contributed by atoms with van der Waals surface area (Å²) in [5, 5.41) is 10.2. The van der Waals surface area contributed by atoms with Crippen LogP contribution < -0.4 is 0 Å². The summed E-state index contributed by atoms with van der Waals surface area (Å²) in [6.07, 6.45) is 0. The minimum absolute atomic E-state index is 0.210. The molecular weight excluding hydrogens is 776 g/mol. The third-order valence-corrected chi connectivity index (χ3v) is 10.3. The van der Waals surface area contributed by atoms with Crippen LogP contribution in [0.2, 0.25) is 13.1 Å². The number of hydrogen-bond acceptors (Lipinski definition) is 2. The molecule has 4 heteroatoms. The first kappa shape index (κ1) is 37.6. The molecule has 0 aliphatic rings. The van der Waals surface area contributed by atoms with Crippen LogP contribution >= 0.6 is 0 Å². The van der Waals surface area contributed by atoms with E-state index >= 15 is 0 Å². The molecule has 0 saturated carbocycles. The minimum atomic E-state index is 0.210. The first-order chi connectivity index (χ1) is 27.1. The van der Waals surface area contributed by atoms with Crippen LogP contribution in [-0.4, -0.2) is 5.43 Å². The van der Waals surface area contributed by atoms with Gasteiger partial charge in [0.1, 0.15) is 0 Å². The van der Waals surface area contributed by atoms with E-state index in [0.29, 0.717) is 0 Å². The molecule has 2 heterocycles. The maximum absolute atomic E-state index is 5.83. The van der Waals surface area contributed by atoms with Crippen molar-refractivity contribution in [2.24, 2.45) is 0 Å². The van der Waals surface area contributed by atoms with Crippen LogP contribution in [0.15, 0.2) is 167 Å². The van der Waals surface area contributed by atoms with Crippen molar-refractivity contribution in [3.05, 3.63) is 180 Å². The molecule has 272 valence electrons. The van der Waals surface area contributed by atoms with Gasteiger partial charge < -0.3 is 8.83 Å². The zero-order valence-corrected chi connectivity index (χ0v) is 36.3. The van der Waals surface area contributed by atoms with Gasteiger partial charge in [0.25, 0.3) is 0 Å². The number of rotatable bonds is 4. The molecule has 0 N–H and O–H groups in total. The van der Waals surface area contributed by atoms with Crippen LogP contribution in [0.5, 0.6) is 0 Å². The molecule has 8 aromatic carbocycles. The molecule has 0 aliphatic heterocycles. The molecule has 10 rings (SSSR count). The summed E-state index contributed by atoms with van der Waals surface area (Å²) in [4.78, 5) is 0. The molecule has 10 aromatic rings. The summed E-state index contributed by atoms with van der Waals surface area (Å²) in [5.74, 6) is 3.74. The summed E-state index contributed by atoms with van der Waals surface area (Å²) in [6, 6.07) is 56.4. The first-order valence-corrected chi connectivity index (χ1v) is 25.3. The smallest absolute Gasteiger partial charge is 0.0896 e. The molecule has 0 saturated heterocycles. The maximum atomic E-state index is 5.83. The van der Waals surface area contributed by atoms with Gasteiger partial charge in [-0.05, 0) is 108 Å². The van der Waals surface area contributed by atoms with Crippen molar-refractivity contribution in [1.82, 2.24) is 0 Å². The van der Waals surface area contributed by atoms with E-state index in [1.165, 1.54) is 76.5 Å². The van der Waals surface area contributed by atoms with Crippen molar-refractivity contribution >= 4 is 48.5 Å². The standard InChI is InChI=1S/2C25H19O.C2H6Si.Zr/c2*1-16-7-9-20-14-22(24-12-8-17(2)26-24)15-23(20)25(16)21-11-10-18-5-3-4-6-19(18)13-21;1-3-2;/h2*3-15H,1-2H3;1-2H3;/q2*-1;;+2. The van der Waals surface area contributed by atoms with E-state index in [1.54, 1.807) is 23.3 Å². The van der Waals surface area contributed by atoms with Crippen LogP contribution in [0.3, 0.4) is 0 Å². The van der Waals surface area contributed by atoms with Crippen LogP contribution in [0, 0.1) is 27.7 Å². The van der Waals surface area contributed by atoms with Crippen molar-refractivity contribution in [2.45, 2.75) is 40.8 Å². The van der Waals surface area contributed by atoms with Gasteiger partial charge in [-0.2, -0.15) is 0 Å². The molecule has 56 heavy (non-hydrogen) atoms. The Labute approximate surface area is 344 Å². The summed E-state index contributed by atoms with van der Waals surface area (Å²) in [6.45, 7) is 13.0. The number of furan rings is 2. The van der Waals surface area contributed by atoms with Gasteiger partial charge in [0.2, 0.25) is 0 Å². The normalized spacial score (nSPS) is 11.1. The molecule has 2 aromatic heterocycles. The maximum Gasteiger partial charge on any atom is 0.0896 e. The number of benzene rings is 6. The SMILES string of the molecule is C[Si](C)=[Zr+2].Cc1ccc(-c2cc3c(-c4ccc5ccccc5c4)c(C)ccc3[cH-]2)o1.Cc1ccc(-c2cc3c(-c4ccc5ccccc5c4)c(C)ccc3[cH-]2)o1. The third-order valence-electron chi connectivity index (χ3n) is 10.3. The number of fused-ring (bicyclic) bond motifs is 4. The van der Waals surface area contributed by atoms with Gasteiger partial charge in [0, 0.05) is 0 Å².